The van der Waals surface area contributed by atoms with E-state index in [1.807, 2.05) is 48.5 Å². The number of methoxy groups -OCH3 is 1. The number of primary amides is 1. The third kappa shape index (κ3) is 3.37. The average molecular weight is 258 g/mol. The number of rotatable bonds is 4. The highest BCUT2D eigenvalue weighted by atomic mass is 16.5. The Morgan fingerprint density at radius 3 is 2.58 bits per heavy atom. The van der Waals surface area contributed by atoms with Gasteiger partial charge in [-0.1, -0.05) is 17.7 Å². The summed E-state index contributed by atoms with van der Waals surface area (Å²) in [6, 6.07) is 7.87. The van der Waals surface area contributed by atoms with Crippen LogP contribution < -0.4 is 10.5 Å². The van der Waals surface area contributed by atoms with Gasteiger partial charge in [0, 0.05) is 30.9 Å². The number of hydrogen-bond acceptors (Lipinski definition) is 3. The molecule has 19 heavy (non-hydrogen) atoms. The largest absolute Gasteiger partial charge is 0.497 e. The highest BCUT2D eigenvalue weighted by Gasteiger charge is 2.13. The van der Waals surface area contributed by atoms with Gasteiger partial charge >= 0.3 is 0 Å². The quantitative estimate of drug-likeness (QED) is 0.900. The SMILES string of the molecule is COc1ccc(CN2C=C(C)CC(C(N)=O)=C2)cc1. The summed E-state index contributed by atoms with van der Waals surface area (Å²) in [7, 11) is 1.65. The van der Waals surface area contributed by atoms with Crippen molar-refractivity contribution in [2.24, 2.45) is 5.73 Å². The Morgan fingerprint density at radius 1 is 1.32 bits per heavy atom. The molecule has 0 fully saturated rings. The number of carbonyl (C=O) groups excluding carboxylic acids is 1. The normalized spacial score (nSPS) is 14.7. The van der Waals surface area contributed by atoms with E-state index in [1.165, 1.54) is 0 Å². The minimum atomic E-state index is -0.354. The fraction of sp³-hybridized carbons (Fsp3) is 0.267. The van der Waals surface area contributed by atoms with Gasteiger partial charge in [0.05, 0.1) is 7.11 Å². The third-order valence-electron chi connectivity index (χ3n) is 3.02. The molecule has 0 spiro atoms. The van der Waals surface area contributed by atoms with Crippen LogP contribution in [-0.4, -0.2) is 17.9 Å². The molecular weight excluding hydrogens is 240 g/mol. The van der Waals surface area contributed by atoms with Crippen molar-refractivity contribution in [2.75, 3.05) is 7.11 Å². The number of allylic oxidation sites excluding steroid dienone is 1. The molecule has 0 bridgehead atoms. The molecule has 1 aliphatic rings. The zero-order valence-corrected chi connectivity index (χ0v) is 11.2. The smallest absolute Gasteiger partial charge is 0.246 e. The summed E-state index contributed by atoms with van der Waals surface area (Å²) in [5.74, 6) is 0.481. The van der Waals surface area contributed by atoms with E-state index in [9.17, 15) is 4.79 Å². The van der Waals surface area contributed by atoms with Crippen molar-refractivity contribution in [1.82, 2.24) is 4.90 Å². The second kappa shape index (κ2) is 5.61. The molecule has 0 saturated carbocycles. The van der Waals surface area contributed by atoms with E-state index in [4.69, 9.17) is 10.5 Å². The van der Waals surface area contributed by atoms with Crippen LogP contribution in [-0.2, 0) is 11.3 Å². The van der Waals surface area contributed by atoms with E-state index in [-0.39, 0.29) is 5.91 Å². The van der Waals surface area contributed by atoms with Gasteiger partial charge in [-0.05, 0) is 24.6 Å². The molecule has 0 saturated heterocycles. The first-order valence-corrected chi connectivity index (χ1v) is 6.15. The molecule has 0 unspecified atom stereocenters. The van der Waals surface area contributed by atoms with Crippen LogP contribution >= 0.6 is 0 Å². The Morgan fingerprint density at radius 2 is 2.00 bits per heavy atom. The number of carbonyl (C=O) groups is 1. The Hall–Kier alpha value is -2.23. The van der Waals surface area contributed by atoms with Crippen LogP contribution in [0.25, 0.3) is 0 Å². The predicted molar refractivity (Wildman–Crippen MR) is 74.2 cm³/mol. The number of ether oxygens (including phenoxy) is 1. The van der Waals surface area contributed by atoms with Crippen LogP contribution in [0.3, 0.4) is 0 Å². The second-order valence-corrected chi connectivity index (χ2v) is 4.69. The molecule has 0 radical (unpaired) electrons. The van der Waals surface area contributed by atoms with Crippen molar-refractivity contribution in [3.05, 3.63) is 53.4 Å². The maximum Gasteiger partial charge on any atom is 0.246 e. The fourth-order valence-electron chi connectivity index (χ4n) is 2.10. The number of nitrogens with zero attached hydrogens (tertiary/aromatic N) is 1. The monoisotopic (exact) mass is 258 g/mol. The maximum atomic E-state index is 11.3. The highest BCUT2D eigenvalue weighted by Crippen LogP contribution is 2.21. The van der Waals surface area contributed by atoms with Gasteiger partial charge in [-0.15, -0.1) is 0 Å². The molecule has 1 amide bonds. The molecule has 0 aromatic heterocycles. The summed E-state index contributed by atoms with van der Waals surface area (Å²) in [5, 5.41) is 0. The third-order valence-corrected chi connectivity index (χ3v) is 3.02. The molecule has 4 nitrogen and oxygen atoms in total. The summed E-state index contributed by atoms with van der Waals surface area (Å²) in [4.78, 5) is 13.3. The van der Waals surface area contributed by atoms with Gasteiger partial charge in [0.25, 0.3) is 0 Å². The summed E-state index contributed by atoms with van der Waals surface area (Å²) in [6.07, 6.45) is 4.49. The first-order chi connectivity index (χ1) is 9.08. The van der Waals surface area contributed by atoms with Crippen LogP contribution in [0.1, 0.15) is 18.9 Å². The molecule has 1 aromatic carbocycles. The molecule has 1 aliphatic heterocycles. The Balaban J connectivity index is 2.12. The van der Waals surface area contributed by atoms with E-state index < -0.39 is 0 Å². The predicted octanol–water partition coefficient (Wildman–Crippen LogP) is 2.17. The second-order valence-electron chi connectivity index (χ2n) is 4.69. The van der Waals surface area contributed by atoms with Gasteiger partial charge in [-0.3, -0.25) is 4.79 Å². The van der Waals surface area contributed by atoms with Crippen LogP contribution in [0.4, 0.5) is 0 Å². The van der Waals surface area contributed by atoms with Crippen LogP contribution in [0.2, 0.25) is 0 Å². The van der Waals surface area contributed by atoms with Gasteiger partial charge in [-0.2, -0.15) is 0 Å². The van der Waals surface area contributed by atoms with E-state index >= 15 is 0 Å². The fourth-order valence-corrected chi connectivity index (χ4v) is 2.10. The van der Waals surface area contributed by atoms with E-state index in [0.717, 1.165) is 16.9 Å². The summed E-state index contributed by atoms with van der Waals surface area (Å²) in [5.41, 5.74) is 8.27. The Kier molecular flexibility index (Phi) is 3.90. The van der Waals surface area contributed by atoms with Gasteiger partial charge in [-0.25, -0.2) is 0 Å². The molecular formula is C15H18N2O2. The van der Waals surface area contributed by atoms with E-state index in [2.05, 4.69) is 0 Å². The summed E-state index contributed by atoms with van der Waals surface area (Å²) < 4.78 is 5.13. The number of hydrogen-bond donors (Lipinski definition) is 1. The highest BCUT2D eigenvalue weighted by molar-refractivity contribution is 5.92. The molecule has 100 valence electrons. The molecule has 1 heterocycles. The minimum Gasteiger partial charge on any atom is -0.497 e. The Bertz CT molecular complexity index is 530. The lowest BCUT2D eigenvalue weighted by Crippen LogP contribution is -2.22. The van der Waals surface area contributed by atoms with Crippen LogP contribution in [0, 0.1) is 0 Å². The molecule has 1 aromatic rings. The van der Waals surface area contributed by atoms with Crippen molar-refractivity contribution in [3.63, 3.8) is 0 Å². The number of nitrogens with two attached hydrogens (primary N) is 1. The number of amides is 1. The summed E-state index contributed by atoms with van der Waals surface area (Å²) >= 11 is 0. The lowest BCUT2D eigenvalue weighted by Gasteiger charge is -2.23. The molecule has 2 rings (SSSR count). The van der Waals surface area contributed by atoms with E-state index in [0.29, 0.717) is 18.5 Å². The van der Waals surface area contributed by atoms with Crippen LogP contribution in [0.5, 0.6) is 5.75 Å². The maximum absolute atomic E-state index is 11.3. The summed E-state index contributed by atoms with van der Waals surface area (Å²) in [6.45, 7) is 2.70. The molecule has 0 aliphatic carbocycles. The van der Waals surface area contributed by atoms with Gasteiger partial charge in [0.1, 0.15) is 5.75 Å². The zero-order valence-electron chi connectivity index (χ0n) is 11.2. The Labute approximate surface area is 113 Å². The van der Waals surface area contributed by atoms with Crippen molar-refractivity contribution in [3.8, 4) is 5.75 Å². The van der Waals surface area contributed by atoms with Gasteiger partial charge in [0.2, 0.25) is 5.91 Å². The first kappa shape index (κ1) is 13.2. The van der Waals surface area contributed by atoms with Crippen molar-refractivity contribution >= 4 is 5.91 Å². The molecule has 4 heteroatoms. The molecule has 2 N–H and O–H groups in total. The van der Waals surface area contributed by atoms with Crippen molar-refractivity contribution in [2.45, 2.75) is 19.9 Å². The number of benzene rings is 1. The van der Waals surface area contributed by atoms with Crippen LogP contribution in [0.15, 0.2) is 47.8 Å². The first-order valence-electron chi connectivity index (χ1n) is 6.15. The van der Waals surface area contributed by atoms with Crippen molar-refractivity contribution in [1.29, 1.82) is 0 Å². The van der Waals surface area contributed by atoms with Gasteiger partial charge < -0.3 is 15.4 Å². The minimum absolute atomic E-state index is 0.354. The average Bonchev–Trinajstić information content (AvgIpc) is 2.39. The standard InChI is InChI=1S/C15H18N2O2/c1-11-7-13(15(16)18)10-17(8-11)9-12-3-5-14(19-2)6-4-12/h3-6,8,10H,7,9H2,1-2H3,(H2,16,18). The molecule has 0 atom stereocenters. The van der Waals surface area contributed by atoms with Crippen molar-refractivity contribution < 1.29 is 9.53 Å². The zero-order chi connectivity index (χ0) is 13.8. The van der Waals surface area contributed by atoms with Gasteiger partial charge in [0.15, 0.2) is 0 Å². The lowest BCUT2D eigenvalue weighted by atomic mass is 10.0. The van der Waals surface area contributed by atoms with E-state index in [1.54, 1.807) is 7.11 Å². The topological polar surface area (TPSA) is 55.6 Å². The lowest BCUT2D eigenvalue weighted by molar-refractivity contribution is -0.114.